The molecule has 0 bridgehead atoms. The van der Waals surface area contributed by atoms with E-state index in [1.165, 1.54) is 55.6 Å². The lowest BCUT2D eigenvalue weighted by atomic mass is 9.70. The van der Waals surface area contributed by atoms with Crippen LogP contribution in [0.3, 0.4) is 0 Å². The summed E-state index contributed by atoms with van der Waals surface area (Å²) in [7, 11) is 0. The van der Waals surface area contributed by atoms with E-state index >= 15 is 0 Å². The van der Waals surface area contributed by atoms with Crippen LogP contribution < -0.4 is 0 Å². The van der Waals surface area contributed by atoms with Crippen molar-refractivity contribution in [2.45, 2.75) is 5.41 Å². The van der Waals surface area contributed by atoms with Crippen molar-refractivity contribution in [3.05, 3.63) is 142 Å². The van der Waals surface area contributed by atoms with Gasteiger partial charge in [-0.1, -0.05) is 119 Å². The maximum Gasteiger partial charge on any atom is 0.0725 e. The van der Waals surface area contributed by atoms with Crippen LogP contribution in [0.15, 0.2) is 120 Å². The summed E-state index contributed by atoms with van der Waals surface area (Å²) < 4.78 is 1.12. The summed E-state index contributed by atoms with van der Waals surface area (Å²) in [4.78, 5) is 0. The zero-order valence-electron chi connectivity index (χ0n) is 17.3. The van der Waals surface area contributed by atoms with Crippen LogP contribution in [0, 0.1) is 0 Å². The van der Waals surface area contributed by atoms with Crippen molar-refractivity contribution in [2.75, 3.05) is 0 Å². The fourth-order valence-corrected chi connectivity index (χ4v) is 6.47. The van der Waals surface area contributed by atoms with Crippen molar-refractivity contribution in [3.63, 3.8) is 0 Å². The Balaban J connectivity index is 1.64. The number of hydrogen-bond donors (Lipinski definition) is 0. The Kier molecular flexibility index (Phi) is 3.72. The Bertz CT molecular complexity index is 1480. The van der Waals surface area contributed by atoms with Crippen molar-refractivity contribution in [1.29, 1.82) is 0 Å². The molecule has 0 unspecified atom stereocenters. The molecule has 0 radical (unpaired) electrons. The van der Waals surface area contributed by atoms with E-state index in [-0.39, 0.29) is 5.41 Å². The third kappa shape index (κ3) is 2.17. The smallest absolute Gasteiger partial charge is 0.0619 e. The van der Waals surface area contributed by atoms with Crippen LogP contribution in [0.25, 0.3) is 33.4 Å². The number of rotatable bonds is 1. The van der Waals surface area contributed by atoms with Gasteiger partial charge in [-0.25, -0.2) is 0 Å². The first-order chi connectivity index (χ1) is 15.8. The van der Waals surface area contributed by atoms with E-state index in [0.29, 0.717) is 0 Å². The van der Waals surface area contributed by atoms with E-state index in [0.717, 1.165) is 4.47 Å². The summed E-state index contributed by atoms with van der Waals surface area (Å²) >= 11 is 3.77. The third-order valence-electron chi connectivity index (χ3n) is 7.18. The normalized spacial score (nSPS) is 14.0. The van der Waals surface area contributed by atoms with Gasteiger partial charge < -0.3 is 0 Å². The SMILES string of the molecule is Brc1ccccc1-c1ccc2c(c1)C1(c3ccccc3-c3ccccc31)c1ccccc1-2. The lowest BCUT2D eigenvalue weighted by Gasteiger charge is -2.30. The topological polar surface area (TPSA) is 0 Å². The van der Waals surface area contributed by atoms with Gasteiger partial charge in [0.05, 0.1) is 5.41 Å². The van der Waals surface area contributed by atoms with Gasteiger partial charge in [-0.05, 0) is 67.8 Å². The molecule has 0 aliphatic heterocycles. The molecule has 0 atom stereocenters. The molecule has 7 rings (SSSR count). The molecule has 32 heavy (non-hydrogen) atoms. The second kappa shape index (κ2) is 6.54. The molecule has 0 saturated heterocycles. The van der Waals surface area contributed by atoms with Crippen LogP contribution in [0.5, 0.6) is 0 Å². The average Bonchev–Trinajstić information content (AvgIpc) is 3.31. The van der Waals surface area contributed by atoms with Crippen LogP contribution in [0.4, 0.5) is 0 Å². The summed E-state index contributed by atoms with van der Waals surface area (Å²) in [6, 6.07) is 42.4. The summed E-state index contributed by atoms with van der Waals surface area (Å²) in [6.45, 7) is 0. The highest BCUT2D eigenvalue weighted by molar-refractivity contribution is 9.10. The first-order valence-corrected chi connectivity index (χ1v) is 11.8. The minimum atomic E-state index is -0.281. The van der Waals surface area contributed by atoms with E-state index < -0.39 is 0 Å². The molecule has 2 aliphatic rings. The molecular weight excluding hydrogens is 452 g/mol. The zero-order valence-corrected chi connectivity index (χ0v) is 18.9. The van der Waals surface area contributed by atoms with Gasteiger partial charge >= 0.3 is 0 Å². The summed E-state index contributed by atoms with van der Waals surface area (Å²) in [5.74, 6) is 0. The van der Waals surface area contributed by atoms with Gasteiger partial charge in [0.1, 0.15) is 0 Å². The lowest BCUT2D eigenvalue weighted by Crippen LogP contribution is -2.25. The van der Waals surface area contributed by atoms with Crippen LogP contribution >= 0.6 is 15.9 Å². The van der Waals surface area contributed by atoms with Crippen LogP contribution in [-0.4, -0.2) is 0 Å². The van der Waals surface area contributed by atoms with Gasteiger partial charge in [-0.3, -0.25) is 0 Å². The Morgan fingerprint density at radius 3 is 1.38 bits per heavy atom. The lowest BCUT2D eigenvalue weighted by molar-refractivity contribution is 0.794. The Morgan fingerprint density at radius 1 is 0.406 bits per heavy atom. The van der Waals surface area contributed by atoms with Crippen LogP contribution in [0.2, 0.25) is 0 Å². The van der Waals surface area contributed by atoms with Crippen molar-refractivity contribution >= 4 is 15.9 Å². The fourth-order valence-electron chi connectivity index (χ4n) is 5.96. The number of hydrogen-bond acceptors (Lipinski definition) is 0. The van der Waals surface area contributed by atoms with Gasteiger partial charge in [0.2, 0.25) is 0 Å². The molecule has 0 amide bonds. The van der Waals surface area contributed by atoms with Gasteiger partial charge in [-0.2, -0.15) is 0 Å². The highest BCUT2D eigenvalue weighted by atomic mass is 79.9. The van der Waals surface area contributed by atoms with E-state index in [4.69, 9.17) is 0 Å². The second-order valence-corrected chi connectivity index (χ2v) is 9.48. The van der Waals surface area contributed by atoms with Gasteiger partial charge in [0.25, 0.3) is 0 Å². The quantitative estimate of drug-likeness (QED) is 0.225. The Morgan fingerprint density at radius 2 is 0.844 bits per heavy atom. The molecule has 0 saturated carbocycles. The number of halogens is 1. The molecule has 1 heteroatoms. The minimum absolute atomic E-state index is 0.281. The molecule has 1 spiro atoms. The predicted octanol–water partition coefficient (Wildman–Crippen LogP) is 8.46. The summed E-state index contributed by atoms with van der Waals surface area (Å²) in [5, 5.41) is 0. The predicted molar refractivity (Wildman–Crippen MR) is 136 cm³/mol. The minimum Gasteiger partial charge on any atom is -0.0619 e. The number of benzene rings is 5. The van der Waals surface area contributed by atoms with E-state index in [2.05, 4.69) is 131 Å². The fraction of sp³-hybridized carbons (Fsp3) is 0.0323. The van der Waals surface area contributed by atoms with Crippen molar-refractivity contribution in [1.82, 2.24) is 0 Å². The van der Waals surface area contributed by atoms with E-state index in [1.54, 1.807) is 0 Å². The highest BCUT2D eigenvalue weighted by Crippen LogP contribution is 2.62. The first-order valence-electron chi connectivity index (χ1n) is 11.0. The molecular formula is C31H19Br. The molecule has 2 aliphatic carbocycles. The van der Waals surface area contributed by atoms with E-state index in [1.807, 2.05) is 0 Å². The highest BCUT2D eigenvalue weighted by Gasteiger charge is 2.51. The van der Waals surface area contributed by atoms with Gasteiger partial charge in [-0.15, -0.1) is 0 Å². The molecule has 0 aromatic heterocycles. The largest absolute Gasteiger partial charge is 0.0725 e. The van der Waals surface area contributed by atoms with Crippen molar-refractivity contribution in [3.8, 4) is 33.4 Å². The molecule has 0 heterocycles. The average molecular weight is 471 g/mol. The Labute approximate surface area is 196 Å². The van der Waals surface area contributed by atoms with Gasteiger partial charge in [0.15, 0.2) is 0 Å². The molecule has 5 aromatic rings. The maximum atomic E-state index is 3.77. The first kappa shape index (κ1) is 18.2. The van der Waals surface area contributed by atoms with Crippen LogP contribution in [0.1, 0.15) is 22.3 Å². The monoisotopic (exact) mass is 470 g/mol. The zero-order chi connectivity index (χ0) is 21.3. The summed E-state index contributed by atoms with van der Waals surface area (Å²) in [5.41, 5.74) is 13.1. The third-order valence-corrected chi connectivity index (χ3v) is 7.87. The molecule has 0 nitrogen and oxygen atoms in total. The van der Waals surface area contributed by atoms with Crippen molar-refractivity contribution < 1.29 is 0 Å². The second-order valence-electron chi connectivity index (χ2n) is 8.63. The van der Waals surface area contributed by atoms with Crippen molar-refractivity contribution in [2.24, 2.45) is 0 Å². The van der Waals surface area contributed by atoms with E-state index in [9.17, 15) is 0 Å². The number of fused-ring (bicyclic) bond motifs is 10. The molecule has 0 fully saturated rings. The standard InChI is InChI=1S/C31H19Br/c32-30-16-8-4-9-21(30)20-17-18-25-24-12-3-7-15-28(24)31(29(25)19-20)26-13-5-1-10-22(26)23-11-2-6-14-27(23)31/h1-19H. The van der Waals surface area contributed by atoms with Crippen LogP contribution in [-0.2, 0) is 5.41 Å². The molecule has 0 N–H and O–H groups in total. The Hall–Kier alpha value is -3.42. The molecule has 5 aromatic carbocycles. The molecule has 150 valence electrons. The maximum absolute atomic E-state index is 3.77. The van der Waals surface area contributed by atoms with Gasteiger partial charge in [0, 0.05) is 4.47 Å². The summed E-state index contributed by atoms with van der Waals surface area (Å²) in [6.07, 6.45) is 0.